The van der Waals surface area contributed by atoms with Crippen molar-refractivity contribution >= 4 is 16.0 Å². The van der Waals surface area contributed by atoms with Crippen LogP contribution in [0.1, 0.15) is 23.2 Å². The van der Waals surface area contributed by atoms with Gasteiger partial charge in [-0.3, -0.25) is 0 Å². The summed E-state index contributed by atoms with van der Waals surface area (Å²) in [5.41, 5.74) is -0.120. The van der Waals surface area contributed by atoms with Crippen molar-refractivity contribution in [1.29, 1.82) is 0 Å². The third-order valence-electron chi connectivity index (χ3n) is 2.77. The van der Waals surface area contributed by atoms with Gasteiger partial charge >= 0.3 is 0 Å². The highest BCUT2D eigenvalue weighted by molar-refractivity contribution is 7.89. The monoisotopic (exact) mass is 254 g/mol. The van der Waals surface area contributed by atoms with Gasteiger partial charge in [0.1, 0.15) is 0 Å². The van der Waals surface area contributed by atoms with Gasteiger partial charge in [-0.2, -0.15) is 4.31 Å². The molecule has 6 heteroatoms. The van der Waals surface area contributed by atoms with Gasteiger partial charge in [-0.15, -0.1) is 0 Å². The van der Waals surface area contributed by atoms with Gasteiger partial charge in [0.05, 0.1) is 10.9 Å². The molecule has 5 nitrogen and oxygen atoms in total. The first kappa shape index (κ1) is 12.1. The highest BCUT2D eigenvalue weighted by atomic mass is 32.2. The number of carboxylic acids is 1. The van der Waals surface area contributed by atoms with Crippen molar-refractivity contribution in [1.82, 2.24) is 4.31 Å². The molecule has 0 spiro atoms. The molecule has 0 aromatic heterocycles. The number of sulfonamides is 1. The molecule has 0 saturated carbocycles. The Morgan fingerprint density at radius 2 is 1.88 bits per heavy atom. The summed E-state index contributed by atoms with van der Waals surface area (Å²) in [6, 6.07) is 5.27. The predicted octanol–water partition coefficient (Wildman–Crippen LogP) is -0.165. The summed E-state index contributed by atoms with van der Waals surface area (Å²) in [6.45, 7) is 0.996. The molecule has 2 rings (SSSR count). The van der Waals surface area contributed by atoms with E-state index in [0.717, 1.165) is 18.9 Å². The maximum absolute atomic E-state index is 12.1. The normalized spacial score (nSPS) is 17.2. The van der Waals surface area contributed by atoms with Crippen LogP contribution in [0.25, 0.3) is 0 Å². The Balaban J connectivity index is 2.39. The van der Waals surface area contributed by atoms with Crippen molar-refractivity contribution in [3.8, 4) is 0 Å². The van der Waals surface area contributed by atoms with E-state index in [-0.39, 0.29) is 10.5 Å². The smallest absolute Gasteiger partial charge is 0.243 e. The number of carbonyl (C=O) groups is 1. The molecule has 1 aliphatic rings. The highest BCUT2D eigenvalue weighted by Crippen LogP contribution is 2.21. The molecule has 0 aliphatic carbocycles. The van der Waals surface area contributed by atoms with E-state index < -0.39 is 16.0 Å². The number of hydrogen-bond acceptors (Lipinski definition) is 4. The molecule has 0 bridgehead atoms. The van der Waals surface area contributed by atoms with Gasteiger partial charge in [-0.05, 0) is 30.5 Å². The van der Waals surface area contributed by atoms with Crippen molar-refractivity contribution in [3.05, 3.63) is 29.8 Å². The zero-order valence-electron chi connectivity index (χ0n) is 9.13. The third-order valence-corrected chi connectivity index (χ3v) is 4.67. The zero-order valence-corrected chi connectivity index (χ0v) is 9.94. The predicted molar refractivity (Wildman–Crippen MR) is 58.8 cm³/mol. The largest absolute Gasteiger partial charge is 0.545 e. The Labute approximate surface area is 99.7 Å². The molecule has 1 saturated heterocycles. The van der Waals surface area contributed by atoms with Crippen LogP contribution in [0.5, 0.6) is 0 Å². The molecule has 1 heterocycles. The molecule has 1 aromatic rings. The minimum Gasteiger partial charge on any atom is -0.545 e. The molecule has 1 aliphatic heterocycles. The first-order valence-corrected chi connectivity index (χ1v) is 6.77. The maximum atomic E-state index is 12.1. The Morgan fingerprint density at radius 3 is 2.47 bits per heavy atom. The summed E-state index contributed by atoms with van der Waals surface area (Å²) in [5.74, 6) is -1.37. The van der Waals surface area contributed by atoms with Crippen LogP contribution in [0, 0.1) is 0 Å². The van der Waals surface area contributed by atoms with Crippen LogP contribution in [0.3, 0.4) is 0 Å². The fourth-order valence-electron chi connectivity index (χ4n) is 1.86. The summed E-state index contributed by atoms with van der Waals surface area (Å²) in [6.07, 6.45) is 1.69. The Bertz CT molecular complexity index is 532. The molecular weight excluding hydrogens is 242 g/mol. The molecule has 17 heavy (non-hydrogen) atoms. The molecule has 0 atom stereocenters. The molecular formula is C11H12NO4S-. The summed E-state index contributed by atoms with van der Waals surface area (Å²) >= 11 is 0. The van der Waals surface area contributed by atoms with Crippen molar-refractivity contribution < 1.29 is 18.3 Å². The van der Waals surface area contributed by atoms with E-state index in [1.807, 2.05) is 0 Å². The van der Waals surface area contributed by atoms with Crippen LogP contribution in [0.15, 0.2) is 29.2 Å². The molecule has 0 amide bonds. The van der Waals surface area contributed by atoms with Gasteiger partial charge in [0, 0.05) is 13.1 Å². The van der Waals surface area contributed by atoms with E-state index in [9.17, 15) is 18.3 Å². The fourth-order valence-corrected chi connectivity index (χ4v) is 3.42. The van der Waals surface area contributed by atoms with Gasteiger partial charge in [0.25, 0.3) is 0 Å². The number of carboxylic acid groups (broad SMARTS) is 1. The summed E-state index contributed by atoms with van der Waals surface area (Å²) in [4.78, 5) is 10.7. The number of rotatable bonds is 3. The number of aromatic carboxylic acids is 1. The Morgan fingerprint density at radius 1 is 1.24 bits per heavy atom. The average molecular weight is 254 g/mol. The van der Waals surface area contributed by atoms with Crippen LogP contribution >= 0.6 is 0 Å². The van der Waals surface area contributed by atoms with Crippen molar-refractivity contribution in [2.24, 2.45) is 0 Å². The quantitative estimate of drug-likeness (QED) is 0.750. The SMILES string of the molecule is O=C([O-])c1cccc(S(=O)(=O)N2CCCC2)c1. The second-order valence-electron chi connectivity index (χ2n) is 3.93. The highest BCUT2D eigenvalue weighted by Gasteiger charge is 2.27. The molecule has 1 fully saturated rings. The first-order chi connectivity index (χ1) is 8.01. The van der Waals surface area contributed by atoms with Crippen molar-refractivity contribution in [2.75, 3.05) is 13.1 Å². The lowest BCUT2D eigenvalue weighted by Crippen LogP contribution is -2.28. The summed E-state index contributed by atoms with van der Waals surface area (Å²) in [5, 5.41) is 10.7. The summed E-state index contributed by atoms with van der Waals surface area (Å²) < 4.78 is 25.6. The third kappa shape index (κ3) is 2.32. The second-order valence-corrected chi connectivity index (χ2v) is 5.86. The van der Waals surface area contributed by atoms with Gasteiger partial charge in [0.15, 0.2) is 0 Å². The van der Waals surface area contributed by atoms with E-state index >= 15 is 0 Å². The molecule has 0 unspecified atom stereocenters. The minimum atomic E-state index is -3.55. The van der Waals surface area contributed by atoms with Crippen molar-refractivity contribution in [3.63, 3.8) is 0 Å². The number of benzene rings is 1. The lowest BCUT2D eigenvalue weighted by molar-refractivity contribution is -0.255. The lowest BCUT2D eigenvalue weighted by Gasteiger charge is -2.16. The zero-order chi connectivity index (χ0) is 12.5. The van der Waals surface area contributed by atoms with Gasteiger partial charge in [0.2, 0.25) is 10.0 Å². The van der Waals surface area contributed by atoms with E-state index in [1.165, 1.54) is 22.5 Å². The molecule has 92 valence electrons. The Hall–Kier alpha value is -1.40. The van der Waals surface area contributed by atoms with Gasteiger partial charge in [-0.1, -0.05) is 12.1 Å². The van der Waals surface area contributed by atoms with E-state index in [0.29, 0.717) is 13.1 Å². The number of nitrogens with zero attached hydrogens (tertiary/aromatic N) is 1. The van der Waals surface area contributed by atoms with Crippen LogP contribution in [0.4, 0.5) is 0 Å². The van der Waals surface area contributed by atoms with Crippen LogP contribution < -0.4 is 5.11 Å². The molecule has 0 radical (unpaired) electrons. The molecule has 1 aromatic carbocycles. The summed E-state index contributed by atoms with van der Waals surface area (Å²) in [7, 11) is -3.55. The van der Waals surface area contributed by atoms with Crippen molar-refractivity contribution in [2.45, 2.75) is 17.7 Å². The topological polar surface area (TPSA) is 77.5 Å². The number of carbonyl (C=O) groups excluding carboxylic acids is 1. The first-order valence-electron chi connectivity index (χ1n) is 5.33. The van der Waals surface area contributed by atoms with Crippen LogP contribution in [-0.4, -0.2) is 31.8 Å². The Kier molecular flexibility index (Phi) is 3.17. The standard InChI is InChI=1S/C11H13NO4S/c13-11(14)9-4-3-5-10(8-9)17(15,16)12-6-1-2-7-12/h3-5,8H,1-2,6-7H2,(H,13,14)/p-1. The van der Waals surface area contributed by atoms with E-state index in [2.05, 4.69) is 0 Å². The van der Waals surface area contributed by atoms with E-state index in [1.54, 1.807) is 0 Å². The fraction of sp³-hybridized carbons (Fsp3) is 0.364. The van der Waals surface area contributed by atoms with E-state index in [4.69, 9.17) is 0 Å². The van der Waals surface area contributed by atoms with Gasteiger partial charge < -0.3 is 9.90 Å². The average Bonchev–Trinajstić information content (AvgIpc) is 2.83. The van der Waals surface area contributed by atoms with Gasteiger partial charge in [-0.25, -0.2) is 8.42 Å². The van der Waals surface area contributed by atoms with Crippen LogP contribution in [0.2, 0.25) is 0 Å². The second kappa shape index (κ2) is 4.46. The minimum absolute atomic E-state index is 0.0149. The lowest BCUT2D eigenvalue weighted by atomic mass is 10.2. The number of hydrogen-bond donors (Lipinski definition) is 0. The van der Waals surface area contributed by atoms with Crippen LogP contribution in [-0.2, 0) is 10.0 Å². The maximum Gasteiger partial charge on any atom is 0.243 e. The molecule has 0 N–H and O–H groups in total.